The lowest BCUT2D eigenvalue weighted by atomic mass is 10.2. The fourth-order valence-corrected chi connectivity index (χ4v) is 1.71. The molecule has 0 amide bonds. The second-order valence-corrected chi connectivity index (χ2v) is 5.12. The summed E-state index contributed by atoms with van der Waals surface area (Å²) in [7, 11) is 0. The smallest absolute Gasteiger partial charge is 0.148 e. The molecule has 0 saturated heterocycles. The van der Waals surface area contributed by atoms with Crippen molar-refractivity contribution in [2.24, 2.45) is 5.84 Å². The Balaban J connectivity index is 2.78. The number of anilines is 2. The maximum Gasteiger partial charge on any atom is 0.148 e. The molecule has 108 valence electrons. The predicted molar refractivity (Wildman–Crippen MR) is 78.1 cm³/mol. The number of nitrogens with zero attached hydrogens (tertiary/aromatic N) is 2. The van der Waals surface area contributed by atoms with Gasteiger partial charge in [-0.2, -0.15) is 0 Å². The second-order valence-electron chi connectivity index (χ2n) is 5.12. The van der Waals surface area contributed by atoms with Crippen LogP contribution in [-0.4, -0.2) is 27.7 Å². The molecule has 0 bridgehead atoms. The van der Waals surface area contributed by atoms with Crippen LogP contribution in [-0.2, 0) is 0 Å². The third-order valence-corrected chi connectivity index (χ3v) is 2.91. The molecule has 0 saturated carbocycles. The predicted octanol–water partition coefficient (Wildman–Crippen LogP) is 1.77. The quantitative estimate of drug-likeness (QED) is 0.341. The molecule has 1 atom stereocenters. The van der Waals surface area contributed by atoms with Gasteiger partial charge in [0.25, 0.3) is 0 Å². The number of hydrogen-bond donors (Lipinski definition) is 4. The molecule has 0 spiro atoms. The minimum atomic E-state index is -0.263. The van der Waals surface area contributed by atoms with E-state index >= 15 is 0 Å². The maximum absolute atomic E-state index is 9.22. The number of hydrazine groups is 1. The highest BCUT2D eigenvalue weighted by Crippen LogP contribution is 2.22. The fraction of sp³-hybridized carbons (Fsp3) is 0.692. The van der Waals surface area contributed by atoms with Crippen LogP contribution in [0.4, 0.5) is 11.6 Å². The van der Waals surface area contributed by atoms with E-state index in [1.54, 1.807) is 6.92 Å². The van der Waals surface area contributed by atoms with Crippen LogP contribution >= 0.6 is 0 Å². The van der Waals surface area contributed by atoms with Gasteiger partial charge in [0, 0.05) is 18.0 Å². The summed E-state index contributed by atoms with van der Waals surface area (Å²) in [5.74, 6) is 7.94. The first-order valence-electron chi connectivity index (χ1n) is 6.72. The van der Waals surface area contributed by atoms with Crippen molar-refractivity contribution < 1.29 is 5.11 Å². The number of rotatable bonds is 7. The molecule has 1 aromatic rings. The van der Waals surface area contributed by atoms with Crippen LogP contribution in [0.1, 0.15) is 50.9 Å². The fourth-order valence-electron chi connectivity index (χ4n) is 1.71. The zero-order chi connectivity index (χ0) is 14.4. The van der Waals surface area contributed by atoms with Gasteiger partial charge in [0.1, 0.15) is 17.5 Å². The van der Waals surface area contributed by atoms with E-state index in [2.05, 4.69) is 20.7 Å². The average Bonchev–Trinajstić information content (AvgIpc) is 2.35. The van der Waals surface area contributed by atoms with Gasteiger partial charge in [-0.05, 0) is 26.7 Å². The monoisotopic (exact) mass is 267 g/mol. The Labute approximate surface area is 114 Å². The van der Waals surface area contributed by atoms with Crippen LogP contribution in [0.2, 0.25) is 0 Å². The largest absolute Gasteiger partial charge is 0.393 e. The van der Waals surface area contributed by atoms with Gasteiger partial charge in [-0.1, -0.05) is 13.8 Å². The normalized spacial score (nSPS) is 12.6. The van der Waals surface area contributed by atoms with Gasteiger partial charge in [0.05, 0.1) is 6.10 Å². The lowest BCUT2D eigenvalue weighted by molar-refractivity contribution is 0.183. The molecule has 19 heavy (non-hydrogen) atoms. The topological polar surface area (TPSA) is 96.1 Å². The Morgan fingerprint density at radius 1 is 1.21 bits per heavy atom. The number of aliphatic hydroxyl groups is 1. The third-order valence-electron chi connectivity index (χ3n) is 2.91. The molecular formula is C13H25N5O. The van der Waals surface area contributed by atoms with Crippen molar-refractivity contribution in [1.29, 1.82) is 0 Å². The maximum atomic E-state index is 9.22. The lowest BCUT2D eigenvalue weighted by Gasteiger charge is -2.15. The van der Waals surface area contributed by atoms with Crippen molar-refractivity contribution in [2.45, 2.75) is 52.6 Å². The summed E-state index contributed by atoms with van der Waals surface area (Å²) in [4.78, 5) is 8.90. The second kappa shape index (κ2) is 7.25. The average molecular weight is 267 g/mol. The zero-order valence-electron chi connectivity index (χ0n) is 12.2. The minimum absolute atomic E-state index is 0.241. The first-order valence-corrected chi connectivity index (χ1v) is 6.72. The molecule has 6 nitrogen and oxygen atoms in total. The molecule has 6 heteroatoms. The molecule has 1 aromatic heterocycles. The molecule has 1 heterocycles. The van der Waals surface area contributed by atoms with E-state index in [1.807, 2.05) is 20.8 Å². The molecule has 5 N–H and O–H groups in total. The summed E-state index contributed by atoms with van der Waals surface area (Å²) in [5.41, 5.74) is 3.51. The Morgan fingerprint density at radius 3 is 2.37 bits per heavy atom. The Kier molecular flexibility index (Phi) is 5.98. The van der Waals surface area contributed by atoms with Crippen LogP contribution in [0.5, 0.6) is 0 Å². The summed E-state index contributed by atoms with van der Waals surface area (Å²) in [5, 5.41) is 12.5. The van der Waals surface area contributed by atoms with Crippen molar-refractivity contribution in [2.75, 3.05) is 17.3 Å². The van der Waals surface area contributed by atoms with Crippen LogP contribution in [0, 0.1) is 6.92 Å². The summed E-state index contributed by atoms with van der Waals surface area (Å²) < 4.78 is 0. The van der Waals surface area contributed by atoms with Gasteiger partial charge in [-0.25, -0.2) is 15.8 Å². The standard InChI is InChI=1S/C13H25N5O/c1-8(2)11-16-12(10(4)13(17-11)18-14)15-7-5-6-9(3)19/h8-9,19H,5-7,14H2,1-4H3,(H2,15,16,17,18). The number of nitrogens with two attached hydrogens (primary N) is 1. The van der Waals surface area contributed by atoms with Crippen molar-refractivity contribution in [3.8, 4) is 0 Å². The van der Waals surface area contributed by atoms with Gasteiger partial charge in [0.2, 0.25) is 0 Å². The van der Waals surface area contributed by atoms with E-state index in [-0.39, 0.29) is 12.0 Å². The molecular weight excluding hydrogens is 242 g/mol. The molecule has 1 rings (SSSR count). The van der Waals surface area contributed by atoms with E-state index in [4.69, 9.17) is 5.84 Å². The molecule has 0 aliphatic heterocycles. The summed E-state index contributed by atoms with van der Waals surface area (Å²) in [6, 6.07) is 0. The molecule has 1 unspecified atom stereocenters. The highest BCUT2D eigenvalue weighted by atomic mass is 16.3. The van der Waals surface area contributed by atoms with E-state index in [0.717, 1.165) is 36.6 Å². The molecule has 0 aromatic carbocycles. The summed E-state index contributed by atoms with van der Waals surface area (Å²) >= 11 is 0. The number of aromatic nitrogens is 2. The molecule has 0 aliphatic carbocycles. The Hall–Kier alpha value is -1.40. The van der Waals surface area contributed by atoms with E-state index in [0.29, 0.717) is 5.82 Å². The van der Waals surface area contributed by atoms with Crippen LogP contribution in [0.25, 0.3) is 0 Å². The number of hydrogen-bond acceptors (Lipinski definition) is 6. The first kappa shape index (κ1) is 15.7. The highest BCUT2D eigenvalue weighted by Gasteiger charge is 2.12. The number of aliphatic hydroxyl groups excluding tert-OH is 1. The van der Waals surface area contributed by atoms with Gasteiger partial charge >= 0.3 is 0 Å². The minimum Gasteiger partial charge on any atom is -0.393 e. The van der Waals surface area contributed by atoms with Gasteiger partial charge in [-0.15, -0.1) is 0 Å². The van der Waals surface area contributed by atoms with Gasteiger partial charge in [0.15, 0.2) is 0 Å². The molecule has 0 fully saturated rings. The van der Waals surface area contributed by atoms with Crippen molar-refractivity contribution in [1.82, 2.24) is 9.97 Å². The molecule has 0 aliphatic rings. The van der Waals surface area contributed by atoms with Crippen molar-refractivity contribution in [3.05, 3.63) is 11.4 Å². The number of nitrogen functional groups attached to an aromatic ring is 1. The summed E-state index contributed by atoms with van der Waals surface area (Å²) in [6.45, 7) is 8.58. The van der Waals surface area contributed by atoms with Crippen LogP contribution < -0.4 is 16.6 Å². The highest BCUT2D eigenvalue weighted by molar-refractivity contribution is 5.56. The summed E-state index contributed by atoms with van der Waals surface area (Å²) in [6.07, 6.45) is 1.40. The number of nitrogens with one attached hydrogen (secondary N) is 2. The first-order chi connectivity index (χ1) is 8.95. The SMILES string of the molecule is Cc1c(NN)nc(C(C)C)nc1NCCCC(C)O. The zero-order valence-corrected chi connectivity index (χ0v) is 12.2. The Morgan fingerprint density at radius 2 is 1.84 bits per heavy atom. The van der Waals surface area contributed by atoms with Gasteiger partial charge in [-0.3, -0.25) is 0 Å². The van der Waals surface area contributed by atoms with E-state index < -0.39 is 0 Å². The van der Waals surface area contributed by atoms with Crippen LogP contribution in [0.15, 0.2) is 0 Å². The van der Waals surface area contributed by atoms with Crippen LogP contribution in [0.3, 0.4) is 0 Å². The van der Waals surface area contributed by atoms with Gasteiger partial charge < -0.3 is 15.8 Å². The third kappa shape index (κ3) is 4.65. The van der Waals surface area contributed by atoms with Crippen molar-refractivity contribution in [3.63, 3.8) is 0 Å². The van der Waals surface area contributed by atoms with Crippen molar-refractivity contribution >= 4 is 11.6 Å². The van der Waals surface area contributed by atoms with E-state index in [1.165, 1.54) is 0 Å². The van der Waals surface area contributed by atoms with E-state index in [9.17, 15) is 5.11 Å². The Bertz CT molecular complexity index is 406. The molecule has 0 radical (unpaired) electrons. The lowest BCUT2D eigenvalue weighted by Crippen LogP contribution is -2.16.